The Hall–Kier alpha value is -2.93. The van der Waals surface area contributed by atoms with Gasteiger partial charge in [0.15, 0.2) is 5.11 Å². The average molecular weight is 354 g/mol. The number of benzene rings is 2. The summed E-state index contributed by atoms with van der Waals surface area (Å²) in [6.07, 6.45) is 0. The van der Waals surface area contributed by atoms with Crippen LogP contribution in [-0.4, -0.2) is 21.4 Å². The summed E-state index contributed by atoms with van der Waals surface area (Å²) >= 11 is 5.30. The number of thiocarbonyl (C=S) groups is 1. The molecular formula is C18H18N4O2S. The second-order valence-electron chi connectivity index (χ2n) is 5.34. The molecule has 1 heterocycles. The van der Waals surface area contributed by atoms with Crippen molar-refractivity contribution in [1.29, 1.82) is 0 Å². The van der Waals surface area contributed by atoms with Crippen molar-refractivity contribution in [2.75, 3.05) is 17.3 Å². The molecule has 128 valence electrons. The van der Waals surface area contributed by atoms with E-state index in [0.717, 1.165) is 11.4 Å². The maximum Gasteiger partial charge on any atom is 0.280 e. The molecule has 6 nitrogen and oxygen atoms in total. The Labute approximate surface area is 150 Å². The first-order valence-corrected chi connectivity index (χ1v) is 8.28. The highest BCUT2D eigenvalue weighted by molar-refractivity contribution is 7.80. The Kier molecular flexibility index (Phi) is 4.95. The van der Waals surface area contributed by atoms with Crippen LogP contribution in [0.1, 0.15) is 12.7 Å². The average Bonchev–Trinajstić information content (AvgIpc) is 2.60. The summed E-state index contributed by atoms with van der Waals surface area (Å²) in [6.45, 7) is 4.30. The molecule has 3 rings (SSSR count). The summed E-state index contributed by atoms with van der Waals surface area (Å²) in [5, 5.41) is 3.87. The minimum absolute atomic E-state index is 0.195. The molecule has 1 aromatic heterocycles. The maximum absolute atomic E-state index is 12.6. The first-order chi connectivity index (χ1) is 12.1. The molecular weight excluding hydrogens is 336 g/mol. The molecule has 0 aliphatic heterocycles. The van der Waals surface area contributed by atoms with E-state index in [9.17, 15) is 4.79 Å². The van der Waals surface area contributed by atoms with E-state index in [1.54, 1.807) is 13.0 Å². The Bertz CT molecular complexity index is 967. The third-order valence-corrected chi connectivity index (χ3v) is 3.77. The number of hydrogen-bond donors (Lipinski definition) is 2. The third kappa shape index (κ3) is 3.77. The number of ether oxygens (including phenoxy) is 1. The summed E-state index contributed by atoms with van der Waals surface area (Å²) in [4.78, 5) is 17.0. The highest BCUT2D eigenvalue weighted by atomic mass is 32.1. The van der Waals surface area contributed by atoms with Crippen LogP contribution in [0.15, 0.2) is 53.3 Å². The standard InChI is InChI=1S/C18H18N4O2S/c1-3-24-14-10-8-13(9-11-14)20-18(25)21-22-12(2)19-16-7-5-4-6-15(16)17(22)23/h4-11H,3H2,1-2H3,(H2,20,21,25). The van der Waals surface area contributed by atoms with Crippen molar-refractivity contribution in [2.45, 2.75) is 13.8 Å². The molecule has 0 radical (unpaired) electrons. The van der Waals surface area contributed by atoms with Gasteiger partial charge in [-0.3, -0.25) is 10.2 Å². The van der Waals surface area contributed by atoms with Gasteiger partial charge >= 0.3 is 0 Å². The minimum atomic E-state index is -0.195. The number of nitrogens with zero attached hydrogens (tertiary/aromatic N) is 2. The molecule has 0 saturated heterocycles. The lowest BCUT2D eigenvalue weighted by atomic mass is 10.2. The number of fused-ring (bicyclic) bond motifs is 1. The Morgan fingerprint density at radius 3 is 2.64 bits per heavy atom. The largest absolute Gasteiger partial charge is 0.494 e. The van der Waals surface area contributed by atoms with Gasteiger partial charge in [0.25, 0.3) is 5.56 Å². The van der Waals surface area contributed by atoms with E-state index in [4.69, 9.17) is 17.0 Å². The zero-order valence-corrected chi connectivity index (χ0v) is 14.8. The van der Waals surface area contributed by atoms with Crippen molar-refractivity contribution in [2.24, 2.45) is 0 Å². The van der Waals surface area contributed by atoms with Gasteiger partial charge in [-0.2, -0.15) is 0 Å². The first-order valence-electron chi connectivity index (χ1n) is 7.87. The van der Waals surface area contributed by atoms with Crippen LogP contribution in [-0.2, 0) is 0 Å². The van der Waals surface area contributed by atoms with Crippen LogP contribution in [0.5, 0.6) is 5.75 Å². The number of para-hydroxylation sites is 1. The van der Waals surface area contributed by atoms with Gasteiger partial charge in [0.05, 0.1) is 17.5 Å². The lowest BCUT2D eigenvalue weighted by Gasteiger charge is -2.15. The first kappa shape index (κ1) is 16.9. The van der Waals surface area contributed by atoms with Crippen LogP contribution in [0.3, 0.4) is 0 Å². The van der Waals surface area contributed by atoms with Crippen LogP contribution in [0, 0.1) is 6.92 Å². The van der Waals surface area contributed by atoms with Gasteiger partial charge in [-0.1, -0.05) is 12.1 Å². The van der Waals surface area contributed by atoms with Gasteiger partial charge in [0.2, 0.25) is 0 Å². The van der Waals surface area contributed by atoms with E-state index in [2.05, 4.69) is 15.7 Å². The highest BCUT2D eigenvalue weighted by Crippen LogP contribution is 2.15. The fourth-order valence-corrected chi connectivity index (χ4v) is 2.65. The number of nitrogens with one attached hydrogen (secondary N) is 2. The summed E-state index contributed by atoms with van der Waals surface area (Å²) in [6, 6.07) is 14.6. The fourth-order valence-electron chi connectivity index (χ4n) is 2.44. The van der Waals surface area contributed by atoms with Gasteiger partial charge in [0.1, 0.15) is 11.6 Å². The number of rotatable bonds is 4. The maximum atomic E-state index is 12.6. The molecule has 0 aliphatic carbocycles. The van der Waals surface area contributed by atoms with Crippen molar-refractivity contribution < 1.29 is 4.74 Å². The molecule has 0 bridgehead atoms. The van der Waals surface area contributed by atoms with Crippen molar-refractivity contribution in [3.8, 4) is 5.75 Å². The summed E-state index contributed by atoms with van der Waals surface area (Å²) < 4.78 is 6.74. The summed E-state index contributed by atoms with van der Waals surface area (Å²) in [5.74, 6) is 1.32. The molecule has 0 aliphatic rings. The molecule has 0 fully saturated rings. The van der Waals surface area contributed by atoms with Crippen molar-refractivity contribution in [3.63, 3.8) is 0 Å². The van der Waals surface area contributed by atoms with Crippen LogP contribution in [0.25, 0.3) is 10.9 Å². The van der Waals surface area contributed by atoms with E-state index in [-0.39, 0.29) is 5.56 Å². The smallest absolute Gasteiger partial charge is 0.280 e. The summed E-state index contributed by atoms with van der Waals surface area (Å²) in [7, 11) is 0. The number of aromatic nitrogens is 2. The van der Waals surface area contributed by atoms with E-state index in [0.29, 0.717) is 28.4 Å². The number of anilines is 1. The molecule has 2 N–H and O–H groups in total. The van der Waals surface area contributed by atoms with Crippen LogP contribution >= 0.6 is 12.2 Å². The zero-order valence-electron chi connectivity index (χ0n) is 13.9. The Morgan fingerprint density at radius 2 is 1.92 bits per heavy atom. The third-order valence-electron chi connectivity index (χ3n) is 3.58. The molecule has 0 atom stereocenters. The fraction of sp³-hybridized carbons (Fsp3) is 0.167. The Balaban J connectivity index is 1.79. The normalized spacial score (nSPS) is 10.5. The van der Waals surface area contributed by atoms with Crippen molar-refractivity contribution in [3.05, 3.63) is 64.7 Å². The molecule has 25 heavy (non-hydrogen) atoms. The SMILES string of the molecule is CCOc1ccc(NC(=S)Nn2c(C)nc3ccccc3c2=O)cc1. The lowest BCUT2D eigenvalue weighted by molar-refractivity contribution is 0.340. The van der Waals surface area contributed by atoms with Gasteiger partial charge < -0.3 is 10.1 Å². The Morgan fingerprint density at radius 1 is 1.20 bits per heavy atom. The molecule has 3 aromatic rings. The minimum Gasteiger partial charge on any atom is -0.494 e. The molecule has 7 heteroatoms. The van der Waals surface area contributed by atoms with Gasteiger partial charge in [-0.05, 0) is 62.5 Å². The quantitative estimate of drug-likeness (QED) is 0.702. The molecule has 2 aromatic carbocycles. The molecule has 0 amide bonds. The van der Waals surface area contributed by atoms with Crippen LogP contribution in [0.4, 0.5) is 5.69 Å². The van der Waals surface area contributed by atoms with Crippen LogP contribution < -0.4 is 21.0 Å². The second kappa shape index (κ2) is 7.31. The molecule has 0 spiro atoms. The second-order valence-corrected chi connectivity index (χ2v) is 5.75. The van der Waals surface area contributed by atoms with E-state index < -0.39 is 0 Å². The zero-order chi connectivity index (χ0) is 17.8. The van der Waals surface area contributed by atoms with Gasteiger partial charge in [-0.15, -0.1) is 0 Å². The molecule has 0 unspecified atom stereocenters. The van der Waals surface area contributed by atoms with Gasteiger partial charge in [0, 0.05) is 5.69 Å². The van der Waals surface area contributed by atoms with Gasteiger partial charge in [-0.25, -0.2) is 9.66 Å². The van der Waals surface area contributed by atoms with Crippen LogP contribution in [0.2, 0.25) is 0 Å². The van der Waals surface area contributed by atoms with Crippen molar-refractivity contribution >= 4 is 33.9 Å². The van der Waals surface area contributed by atoms with E-state index in [1.165, 1.54) is 4.68 Å². The highest BCUT2D eigenvalue weighted by Gasteiger charge is 2.09. The number of aryl methyl sites for hydroxylation is 1. The number of hydrogen-bond acceptors (Lipinski definition) is 4. The van der Waals surface area contributed by atoms with E-state index >= 15 is 0 Å². The van der Waals surface area contributed by atoms with E-state index in [1.807, 2.05) is 49.4 Å². The monoisotopic (exact) mass is 354 g/mol. The van der Waals surface area contributed by atoms with Crippen molar-refractivity contribution in [1.82, 2.24) is 9.66 Å². The molecule has 0 saturated carbocycles. The predicted molar refractivity (Wildman–Crippen MR) is 104 cm³/mol. The topological polar surface area (TPSA) is 68.2 Å². The summed E-state index contributed by atoms with van der Waals surface area (Å²) in [5.41, 5.74) is 4.15. The predicted octanol–water partition coefficient (Wildman–Crippen LogP) is 3.04. The lowest BCUT2D eigenvalue weighted by Crippen LogP contribution is -2.37.